The van der Waals surface area contributed by atoms with E-state index in [0.29, 0.717) is 5.56 Å². The van der Waals surface area contributed by atoms with Crippen LogP contribution in [0.3, 0.4) is 0 Å². The Morgan fingerprint density at radius 2 is 1.55 bits per heavy atom. The third kappa shape index (κ3) is 5.69. The zero-order chi connectivity index (χ0) is 22.4. The highest BCUT2D eigenvalue weighted by Gasteiger charge is 2.23. The zero-order valence-electron chi connectivity index (χ0n) is 16.3. The number of primary amides is 1. The van der Waals surface area contributed by atoms with Crippen molar-refractivity contribution in [1.29, 1.82) is 0 Å². The molecule has 3 rings (SSSR count). The van der Waals surface area contributed by atoms with Gasteiger partial charge in [0, 0.05) is 12.1 Å². The molecule has 7 nitrogen and oxygen atoms in total. The van der Waals surface area contributed by atoms with Gasteiger partial charge in [-0.15, -0.1) is 0 Å². The molecule has 0 unspecified atom stereocenters. The van der Waals surface area contributed by atoms with Gasteiger partial charge in [0.25, 0.3) is 5.91 Å². The van der Waals surface area contributed by atoms with Crippen LogP contribution in [0.4, 0.5) is 0 Å². The van der Waals surface area contributed by atoms with Gasteiger partial charge in [0.1, 0.15) is 10.9 Å². The van der Waals surface area contributed by atoms with Crippen LogP contribution in [0.1, 0.15) is 27.5 Å². The van der Waals surface area contributed by atoms with Gasteiger partial charge in [-0.3, -0.25) is 9.59 Å². The Balaban J connectivity index is 1.82. The van der Waals surface area contributed by atoms with Crippen LogP contribution in [0, 0.1) is 0 Å². The molecule has 0 heterocycles. The molecule has 0 saturated heterocycles. The first-order valence-electron chi connectivity index (χ1n) is 9.26. The number of nitrogens with two attached hydrogens (primary N) is 1. The predicted molar refractivity (Wildman–Crippen MR) is 118 cm³/mol. The van der Waals surface area contributed by atoms with Crippen LogP contribution in [0.2, 0.25) is 5.02 Å². The predicted octanol–water partition coefficient (Wildman–Crippen LogP) is 2.77. The minimum atomic E-state index is -4.00. The fourth-order valence-electron chi connectivity index (χ4n) is 2.88. The number of hydrogen-bond donors (Lipinski definition) is 3. The van der Waals surface area contributed by atoms with E-state index >= 15 is 0 Å². The van der Waals surface area contributed by atoms with Crippen molar-refractivity contribution in [3.05, 3.63) is 101 Å². The molecule has 3 aromatic carbocycles. The van der Waals surface area contributed by atoms with E-state index in [2.05, 4.69) is 10.0 Å². The summed E-state index contributed by atoms with van der Waals surface area (Å²) in [7, 11) is -4.00. The summed E-state index contributed by atoms with van der Waals surface area (Å²) in [5.41, 5.74) is 6.73. The Morgan fingerprint density at radius 1 is 0.935 bits per heavy atom. The van der Waals surface area contributed by atoms with Gasteiger partial charge in [-0.1, -0.05) is 72.3 Å². The monoisotopic (exact) mass is 457 g/mol. The Morgan fingerprint density at radius 3 is 2.16 bits per heavy atom. The Kier molecular flexibility index (Phi) is 7.06. The first kappa shape index (κ1) is 22.5. The molecule has 0 aliphatic heterocycles. The topological polar surface area (TPSA) is 118 Å². The minimum Gasteiger partial charge on any atom is -0.368 e. The molecular weight excluding hydrogens is 438 g/mol. The molecular formula is C22H20ClN3O4S. The van der Waals surface area contributed by atoms with Crippen molar-refractivity contribution >= 4 is 33.4 Å². The number of halogens is 1. The van der Waals surface area contributed by atoms with Gasteiger partial charge in [0.15, 0.2) is 0 Å². The maximum absolute atomic E-state index is 12.8. The van der Waals surface area contributed by atoms with Crippen molar-refractivity contribution in [2.24, 2.45) is 5.73 Å². The van der Waals surface area contributed by atoms with Crippen LogP contribution in [0.25, 0.3) is 0 Å². The number of carbonyl (C=O) groups is 2. The molecule has 4 N–H and O–H groups in total. The molecule has 0 bridgehead atoms. The summed E-state index contributed by atoms with van der Waals surface area (Å²) in [6.45, 7) is 0.0632. The molecule has 1 atom stereocenters. The summed E-state index contributed by atoms with van der Waals surface area (Å²) in [5, 5.41) is 2.50. The van der Waals surface area contributed by atoms with Crippen LogP contribution in [0.15, 0.2) is 83.8 Å². The summed E-state index contributed by atoms with van der Waals surface area (Å²) in [6, 6.07) is 20.2. The normalized spacial score (nSPS) is 12.2. The minimum absolute atomic E-state index is 0.0201. The number of hydrogen-bond acceptors (Lipinski definition) is 4. The lowest BCUT2D eigenvalue weighted by molar-refractivity contribution is -0.120. The Hall–Kier alpha value is -3.20. The van der Waals surface area contributed by atoms with Crippen molar-refractivity contribution in [1.82, 2.24) is 10.0 Å². The largest absolute Gasteiger partial charge is 0.368 e. The fourth-order valence-corrected chi connectivity index (χ4v) is 4.42. The molecule has 2 amide bonds. The number of rotatable bonds is 8. The van der Waals surface area contributed by atoms with Gasteiger partial charge in [0.2, 0.25) is 15.9 Å². The highest BCUT2D eigenvalue weighted by Crippen LogP contribution is 2.23. The van der Waals surface area contributed by atoms with Gasteiger partial charge >= 0.3 is 0 Å². The van der Waals surface area contributed by atoms with Crippen LogP contribution < -0.4 is 15.8 Å². The second-order valence-corrected chi connectivity index (χ2v) is 8.82. The van der Waals surface area contributed by atoms with Gasteiger partial charge in [-0.05, 0) is 29.3 Å². The number of nitrogens with one attached hydrogen (secondary N) is 2. The first-order valence-corrected chi connectivity index (χ1v) is 11.1. The van der Waals surface area contributed by atoms with E-state index in [-0.39, 0.29) is 22.0 Å². The van der Waals surface area contributed by atoms with Gasteiger partial charge in [-0.25, -0.2) is 13.1 Å². The highest BCUT2D eigenvalue weighted by atomic mass is 35.5. The zero-order valence-corrected chi connectivity index (χ0v) is 17.9. The van der Waals surface area contributed by atoms with E-state index in [1.165, 1.54) is 12.1 Å². The van der Waals surface area contributed by atoms with Crippen LogP contribution in [-0.2, 0) is 21.4 Å². The van der Waals surface area contributed by atoms with Crippen molar-refractivity contribution < 1.29 is 18.0 Å². The fraction of sp³-hybridized carbons (Fsp3) is 0.0909. The van der Waals surface area contributed by atoms with Gasteiger partial charge in [-0.2, -0.15) is 0 Å². The third-order valence-electron chi connectivity index (χ3n) is 4.48. The molecule has 31 heavy (non-hydrogen) atoms. The first-order chi connectivity index (χ1) is 14.8. The molecule has 0 aliphatic carbocycles. The number of amides is 2. The Bertz CT molecular complexity index is 1190. The lowest BCUT2D eigenvalue weighted by atomic mass is 10.1. The van der Waals surface area contributed by atoms with Crippen molar-refractivity contribution in [3.63, 3.8) is 0 Å². The molecule has 9 heteroatoms. The summed E-state index contributed by atoms with van der Waals surface area (Å²) < 4.78 is 28.0. The standard InChI is InChI=1S/C22H20ClN3O4S/c23-18-12-11-17(22(28)26-20(21(24)27)16-9-5-2-6-10-16)13-19(18)31(29,30)25-14-15-7-3-1-4-8-15/h1-13,20,25H,14H2,(H2,24,27)(H,26,28)/t20-/m0/s1. The average molecular weight is 458 g/mol. The molecule has 0 fully saturated rings. The van der Waals surface area contributed by atoms with E-state index in [1.807, 2.05) is 6.07 Å². The second-order valence-electron chi connectivity index (χ2n) is 6.67. The van der Waals surface area contributed by atoms with E-state index in [0.717, 1.165) is 11.6 Å². The lowest BCUT2D eigenvalue weighted by Crippen LogP contribution is -2.37. The smallest absolute Gasteiger partial charge is 0.252 e. The molecule has 0 saturated carbocycles. The molecule has 0 aliphatic rings. The summed E-state index contributed by atoms with van der Waals surface area (Å²) >= 11 is 6.09. The highest BCUT2D eigenvalue weighted by molar-refractivity contribution is 7.89. The summed E-state index contributed by atoms with van der Waals surface area (Å²) in [4.78, 5) is 24.3. The molecule has 0 radical (unpaired) electrons. The third-order valence-corrected chi connectivity index (χ3v) is 6.37. The van der Waals surface area contributed by atoms with E-state index < -0.39 is 27.9 Å². The lowest BCUT2D eigenvalue weighted by Gasteiger charge is -2.16. The number of sulfonamides is 1. The van der Waals surface area contributed by atoms with E-state index in [1.54, 1.807) is 54.6 Å². The molecule has 160 valence electrons. The van der Waals surface area contributed by atoms with Crippen LogP contribution in [0.5, 0.6) is 0 Å². The van der Waals surface area contributed by atoms with E-state index in [9.17, 15) is 18.0 Å². The SMILES string of the molecule is NC(=O)[C@@H](NC(=O)c1ccc(Cl)c(S(=O)(=O)NCc2ccccc2)c1)c1ccccc1. The maximum Gasteiger partial charge on any atom is 0.252 e. The number of benzene rings is 3. The van der Waals surface area contributed by atoms with Crippen LogP contribution >= 0.6 is 11.6 Å². The molecule has 3 aromatic rings. The second kappa shape index (κ2) is 9.74. The van der Waals surface area contributed by atoms with Crippen molar-refractivity contribution in [2.45, 2.75) is 17.5 Å². The van der Waals surface area contributed by atoms with Crippen molar-refractivity contribution in [3.8, 4) is 0 Å². The molecule has 0 spiro atoms. The van der Waals surface area contributed by atoms with Crippen LogP contribution in [-0.4, -0.2) is 20.2 Å². The molecule has 0 aromatic heterocycles. The average Bonchev–Trinajstić information content (AvgIpc) is 2.77. The van der Waals surface area contributed by atoms with Gasteiger partial charge < -0.3 is 11.1 Å². The Labute approximate surface area is 185 Å². The quantitative estimate of drug-likeness (QED) is 0.482. The summed E-state index contributed by atoms with van der Waals surface area (Å²) in [6.07, 6.45) is 0. The van der Waals surface area contributed by atoms with Crippen molar-refractivity contribution in [2.75, 3.05) is 0 Å². The van der Waals surface area contributed by atoms with Gasteiger partial charge in [0.05, 0.1) is 5.02 Å². The summed E-state index contributed by atoms with van der Waals surface area (Å²) in [5.74, 6) is -1.41. The maximum atomic E-state index is 12.8. The number of carbonyl (C=O) groups excluding carboxylic acids is 2. The van der Waals surface area contributed by atoms with E-state index in [4.69, 9.17) is 17.3 Å².